The van der Waals surface area contributed by atoms with Crippen molar-refractivity contribution in [2.24, 2.45) is 0 Å². The van der Waals surface area contributed by atoms with Crippen LogP contribution in [-0.4, -0.2) is 17.6 Å². The molecule has 168 valence electrons. The van der Waals surface area contributed by atoms with Crippen LogP contribution in [0.1, 0.15) is 68.3 Å². The van der Waals surface area contributed by atoms with Crippen LogP contribution in [0.3, 0.4) is 0 Å². The summed E-state index contributed by atoms with van der Waals surface area (Å²) < 4.78 is 11.2. The number of carbonyl (C=O) groups is 1. The zero-order valence-electron chi connectivity index (χ0n) is 19.2. The molecule has 1 heterocycles. The summed E-state index contributed by atoms with van der Waals surface area (Å²) in [6, 6.07) is 19.0. The van der Waals surface area contributed by atoms with Gasteiger partial charge in [0.25, 0.3) is 0 Å². The van der Waals surface area contributed by atoms with Crippen molar-refractivity contribution in [3.8, 4) is 22.8 Å². The Morgan fingerprint density at radius 2 is 1.47 bits per heavy atom. The molecule has 1 aromatic heterocycles. The van der Waals surface area contributed by atoms with E-state index in [1.165, 1.54) is 37.7 Å². The molecule has 0 saturated heterocycles. The Hall–Kier alpha value is -3.14. The average molecular weight is 432 g/mol. The van der Waals surface area contributed by atoms with E-state index in [4.69, 9.17) is 9.47 Å². The molecule has 32 heavy (non-hydrogen) atoms. The second-order valence-electron chi connectivity index (χ2n) is 8.00. The molecule has 3 aromatic rings. The minimum Gasteiger partial charge on any atom is -0.492 e. The van der Waals surface area contributed by atoms with E-state index in [1.54, 1.807) is 18.3 Å². The smallest absolute Gasteiger partial charge is 0.343 e. The van der Waals surface area contributed by atoms with E-state index < -0.39 is 0 Å². The molecule has 4 nitrogen and oxygen atoms in total. The number of hydrogen-bond acceptors (Lipinski definition) is 4. The Balaban J connectivity index is 1.53. The van der Waals surface area contributed by atoms with Gasteiger partial charge in [-0.1, -0.05) is 51.7 Å². The van der Waals surface area contributed by atoms with Gasteiger partial charge in [-0.05, 0) is 73.4 Å². The number of rotatable bonds is 12. The van der Waals surface area contributed by atoms with Gasteiger partial charge in [0.2, 0.25) is 0 Å². The zero-order chi connectivity index (χ0) is 22.6. The van der Waals surface area contributed by atoms with E-state index in [0.717, 1.165) is 36.5 Å². The third-order valence-corrected chi connectivity index (χ3v) is 5.37. The van der Waals surface area contributed by atoms with Gasteiger partial charge >= 0.3 is 5.97 Å². The van der Waals surface area contributed by atoms with Gasteiger partial charge in [-0.3, -0.25) is 4.98 Å². The molecule has 0 amide bonds. The lowest BCUT2D eigenvalue weighted by atomic mass is 10.1. The van der Waals surface area contributed by atoms with Gasteiger partial charge in [0, 0.05) is 5.56 Å². The highest BCUT2D eigenvalue weighted by Crippen LogP contribution is 2.23. The summed E-state index contributed by atoms with van der Waals surface area (Å²) in [6.45, 7) is 5.09. The molecule has 0 aliphatic rings. The molecule has 0 bridgehead atoms. The summed E-state index contributed by atoms with van der Waals surface area (Å²) >= 11 is 0. The number of aryl methyl sites for hydroxylation is 1. The SMILES string of the molecule is CCCCCOc1ccc(-c2ccc(OC(=O)c3ccc(CCCCC)cc3)cc2)nc1. The maximum Gasteiger partial charge on any atom is 0.343 e. The van der Waals surface area contributed by atoms with Gasteiger partial charge in [0.05, 0.1) is 24.1 Å². The minimum atomic E-state index is -0.347. The lowest BCUT2D eigenvalue weighted by molar-refractivity contribution is 0.0735. The molecule has 0 radical (unpaired) electrons. The van der Waals surface area contributed by atoms with E-state index in [9.17, 15) is 4.79 Å². The van der Waals surface area contributed by atoms with E-state index in [1.807, 2.05) is 48.5 Å². The van der Waals surface area contributed by atoms with Crippen LogP contribution in [0.2, 0.25) is 0 Å². The molecule has 0 N–H and O–H groups in total. The van der Waals surface area contributed by atoms with Gasteiger partial charge in [-0.2, -0.15) is 0 Å². The highest BCUT2D eigenvalue weighted by atomic mass is 16.5. The minimum absolute atomic E-state index is 0.347. The van der Waals surface area contributed by atoms with Crippen LogP contribution in [-0.2, 0) is 6.42 Å². The summed E-state index contributed by atoms with van der Waals surface area (Å²) in [5, 5.41) is 0. The van der Waals surface area contributed by atoms with Crippen LogP contribution in [0.15, 0.2) is 66.9 Å². The van der Waals surface area contributed by atoms with Crippen molar-refractivity contribution < 1.29 is 14.3 Å². The number of benzene rings is 2. The molecule has 0 aliphatic carbocycles. The number of unbranched alkanes of at least 4 members (excludes halogenated alkanes) is 4. The van der Waals surface area contributed by atoms with Crippen molar-refractivity contribution >= 4 is 5.97 Å². The molecular weight excluding hydrogens is 398 g/mol. The molecule has 4 heteroatoms. The van der Waals surface area contributed by atoms with E-state index in [0.29, 0.717) is 11.3 Å². The third-order valence-electron chi connectivity index (χ3n) is 5.37. The molecule has 0 atom stereocenters. The maximum atomic E-state index is 12.5. The van der Waals surface area contributed by atoms with E-state index in [2.05, 4.69) is 18.8 Å². The van der Waals surface area contributed by atoms with Crippen LogP contribution in [0, 0.1) is 0 Å². The Bertz CT molecular complexity index is 947. The molecule has 0 saturated carbocycles. The predicted molar refractivity (Wildman–Crippen MR) is 129 cm³/mol. The summed E-state index contributed by atoms with van der Waals surface area (Å²) in [5.41, 5.74) is 3.62. The predicted octanol–water partition coefficient (Wildman–Crippen LogP) is 7.27. The van der Waals surface area contributed by atoms with Crippen molar-refractivity contribution in [1.29, 1.82) is 0 Å². The highest BCUT2D eigenvalue weighted by Gasteiger charge is 2.09. The van der Waals surface area contributed by atoms with Crippen LogP contribution < -0.4 is 9.47 Å². The van der Waals surface area contributed by atoms with Crippen LogP contribution in [0.25, 0.3) is 11.3 Å². The van der Waals surface area contributed by atoms with Gasteiger partial charge < -0.3 is 9.47 Å². The molecule has 0 aliphatic heterocycles. The first-order chi connectivity index (χ1) is 15.7. The van der Waals surface area contributed by atoms with Gasteiger partial charge in [0.1, 0.15) is 11.5 Å². The number of ether oxygens (including phenoxy) is 2. The lowest BCUT2D eigenvalue weighted by Crippen LogP contribution is -2.08. The normalized spacial score (nSPS) is 10.7. The summed E-state index contributed by atoms with van der Waals surface area (Å²) in [6.07, 6.45) is 9.82. The van der Waals surface area contributed by atoms with Crippen LogP contribution >= 0.6 is 0 Å². The van der Waals surface area contributed by atoms with Crippen LogP contribution in [0.5, 0.6) is 11.5 Å². The highest BCUT2D eigenvalue weighted by molar-refractivity contribution is 5.91. The number of esters is 1. The maximum absolute atomic E-state index is 12.5. The summed E-state index contributed by atoms with van der Waals surface area (Å²) in [5.74, 6) is 0.953. The Labute approximate surface area is 191 Å². The van der Waals surface area contributed by atoms with Gasteiger partial charge in [0.15, 0.2) is 0 Å². The number of hydrogen-bond donors (Lipinski definition) is 0. The molecule has 3 rings (SSSR count). The topological polar surface area (TPSA) is 48.4 Å². The molecular formula is C28H33NO3. The first-order valence-electron chi connectivity index (χ1n) is 11.7. The Morgan fingerprint density at radius 3 is 2.12 bits per heavy atom. The van der Waals surface area contributed by atoms with E-state index >= 15 is 0 Å². The van der Waals surface area contributed by atoms with Crippen molar-refractivity contribution in [2.75, 3.05) is 6.61 Å². The van der Waals surface area contributed by atoms with E-state index in [-0.39, 0.29) is 5.97 Å². The third kappa shape index (κ3) is 7.23. The number of aromatic nitrogens is 1. The van der Waals surface area contributed by atoms with Crippen molar-refractivity contribution in [3.05, 3.63) is 78.0 Å². The zero-order valence-corrected chi connectivity index (χ0v) is 19.2. The van der Waals surface area contributed by atoms with Crippen molar-refractivity contribution in [3.63, 3.8) is 0 Å². The summed E-state index contributed by atoms with van der Waals surface area (Å²) in [4.78, 5) is 16.9. The quantitative estimate of drug-likeness (QED) is 0.172. The number of carbonyl (C=O) groups excluding carboxylic acids is 1. The van der Waals surface area contributed by atoms with Crippen molar-refractivity contribution in [1.82, 2.24) is 4.98 Å². The molecule has 0 unspecified atom stereocenters. The first-order valence-corrected chi connectivity index (χ1v) is 11.7. The first kappa shape index (κ1) is 23.5. The largest absolute Gasteiger partial charge is 0.492 e. The fourth-order valence-corrected chi connectivity index (χ4v) is 3.42. The van der Waals surface area contributed by atoms with Crippen LogP contribution in [0.4, 0.5) is 0 Å². The molecule has 0 fully saturated rings. The lowest BCUT2D eigenvalue weighted by Gasteiger charge is -2.08. The van der Waals surface area contributed by atoms with Crippen molar-refractivity contribution in [2.45, 2.75) is 58.8 Å². The second-order valence-corrected chi connectivity index (χ2v) is 8.00. The number of pyridine rings is 1. The standard InChI is InChI=1S/C28H33NO3/c1-3-5-7-9-22-10-12-24(13-11-22)28(30)32-25-16-14-23(15-17-25)27-19-18-26(21-29-27)31-20-8-6-4-2/h10-19,21H,3-9,20H2,1-2H3. The second kappa shape index (κ2) is 12.7. The molecule has 2 aromatic carbocycles. The average Bonchev–Trinajstić information content (AvgIpc) is 2.83. The fraction of sp³-hybridized carbons (Fsp3) is 0.357. The number of nitrogens with zero attached hydrogens (tertiary/aromatic N) is 1. The van der Waals surface area contributed by atoms with Gasteiger partial charge in [-0.15, -0.1) is 0 Å². The Morgan fingerprint density at radius 1 is 0.781 bits per heavy atom. The monoisotopic (exact) mass is 431 g/mol. The summed E-state index contributed by atoms with van der Waals surface area (Å²) in [7, 11) is 0. The van der Waals surface area contributed by atoms with Gasteiger partial charge in [-0.25, -0.2) is 4.79 Å². The molecule has 0 spiro atoms. The fourth-order valence-electron chi connectivity index (χ4n) is 3.42. The Kier molecular flexibility index (Phi) is 9.30.